The molecule has 0 fully saturated rings. The van der Waals surface area contributed by atoms with E-state index in [2.05, 4.69) is 15.7 Å². The van der Waals surface area contributed by atoms with Gasteiger partial charge in [0, 0.05) is 30.3 Å². The zero-order chi connectivity index (χ0) is 16.8. The van der Waals surface area contributed by atoms with Crippen LogP contribution in [0.15, 0.2) is 41.5 Å². The molecule has 1 aromatic carbocycles. The molecular formula is C15H15N4O4+. The van der Waals surface area contributed by atoms with Gasteiger partial charge >= 0.3 is 11.8 Å². The molecule has 0 unspecified atom stereocenters. The number of hydrogen-bond acceptors (Lipinski definition) is 4. The Morgan fingerprint density at radius 2 is 1.83 bits per heavy atom. The number of nitrogens with one attached hydrogen (secondary N) is 2. The highest BCUT2D eigenvalue weighted by molar-refractivity contribution is 5.96. The molecule has 1 aliphatic rings. The molecule has 2 N–H and O–H groups in total. The van der Waals surface area contributed by atoms with Crippen LogP contribution in [0.5, 0.6) is 0 Å². The van der Waals surface area contributed by atoms with E-state index in [4.69, 9.17) is 0 Å². The smallest absolute Gasteiger partial charge is 0.346 e. The Morgan fingerprint density at radius 3 is 2.48 bits per heavy atom. The van der Waals surface area contributed by atoms with E-state index in [1.54, 1.807) is 24.3 Å². The van der Waals surface area contributed by atoms with E-state index in [-0.39, 0.29) is 19.0 Å². The first-order valence-electron chi connectivity index (χ1n) is 6.82. The summed E-state index contributed by atoms with van der Waals surface area (Å²) in [6.07, 6.45) is 2.12. The normalized spacial score (nSPS) is 13.5. The quantitative estimate of drug-likeness (QED) is 0.764. The van der Waals surface area contributed by atoms with Gasteiger partial charge in [0.25, 0.3) is 12.5 Å². The molecule has 118 valence electrons. The number of carbonyl (C=O) groups is 4. The topological polar surface area (TPSA) is 108 Å². The van der Waals surface area contributed by atoms with Gasteiger partial charge in [-0.2, -0.15) is 0 Å². The Hall–Kier alpha value is -3.16. The Labute approximate surface area is 131 Å². The van der Waals surface area contributed by atoms with Crippen LogP contribution in [0.1, 0.15) is 12.5 Å². The monoisotopic (exact) mass is 315 g/mol. The van der Waals surface area contributed by atoms with Crippen molar-refractivity contribution in [1.82, 2.24) is 5.32 Å². The van der Waals surface area contributed by atoms with Gasteiger partial charge in [-0.3, -0.25) is 14.4 Å². The van der Waals surface area contributed by atoms with E-state index in [1.165, 1.54) is 6.92 Å². The predicted octanol–water partition coefficient (Wildman–Crippen LogP) is 0.349. The van der Waals surface area contributed by atoms with Crippen molar-refractivity contribution >= 4 is 29.3 Å². The third kappa shape index (κ3) is 4.95. The number of amides is 4. The van der Waals surface area contributed by atoms with Gasteiger partial charge in [0.05, 0.1) is 6.08 Å². The number of azo groups is 2. The van der Waals surface area contributed by atoms with E-state index >= 15 is 0 Å². The minimum atomic E-state index is -0.578. The second-order valence-electron chi connectivity index (χ2n) is 4.82. The number of nitrogens with zero attached hydrogens (tertiary/aromatic N) is 2. The number of carbonyl (C=O) groups excluding carboxylic acids is 4. The molecule has 1 aliphatic heterocycles. The highest BCUT2D eigenvalue weighted by Crippen LogP contribution is 2.09. The summed E-state index contributed by atoms with van der Waals surface area (Å²) < 4.78 is 0.817. The minimum Gasteiger partial charge on any atom is -0.346 e. The first-order chi connectivity index (χ1) is 10.9. The standard InChI is InChI=1S/C15H14N4O4/c1-10(20)17-12-4-2-11(3-5-12)8-16-14(22)9-19-15(23)7-6-13(21)18-19/h2-7H,8-9H2,1H3,(H-,16,17,20,22)/p+1. The van der Waals surface area contributed by atoms with Gasteiger partial charge in [-0.15, -0.1) is 0 Å². The maximum absolute atomic E-state index is 11.8. The molecule has 1 aromatic rings. The molecule has 23 heavy (non-hydrogen) atoms. The Kier molecular flexibility index (Phi) is 5.08. The molecule has 1 heterocycles. The maximum atomic E-state index is 11.8. The highest BCUT2D eigenvalue weighted by Gasteiger charge is 2.26. The molecule has 0 aliphatic carbocycles. The summed E-state index contributed by atoms with van der Waals surface area (Å²) in [5.74, 6) is -1.69. The minimum absolute atomic E-state index is 0.162. The molecule has 2 rings (SSSR count). The second-order valence-corrected chi connectivity index (χ2v) is 4.82. The number of hydrogen-bond donors (Lipinski definition) is 2. The van der Waals surface area contributed by atoms with Crippen molar-refractivity contribution in [3.05, 3.63) is 42.0 Å². The van der Waals surface area contributed by atoms with Crippen molar-refractivity contribution in [2.24, 2.45) is 5.11 Å². The van der Waals surface area contributed by atoms with Crippen molar-refractivity contribution in [3.8, 4) is 0 Å². The van der Waals surface area contributed by atoms with Crippen LogP contribution in [0.2, 0.25) is 0 Å². The summed E-state index contributed by atoms with van der Waals surface area (Å²) in [5.41, 5.74) is 1.49. The van der Waals surface area contributed by atoms with E-state index < -0.39 is 17.7 Å². The van der Waals surface area contributed by atoms with Gasteiger partial charge in [-0.25, -0.2) is 4.79 Å². The molecule has 4 amide bonds. The molecule has 0 spiro atoms. The lowest BCUT2D eigenvalue weighted by molar-refractivity contribution is -0.495. The average Bonchev–Trinajstić information content (AvgIpc) is 2.50. The fourth-order valence-electron chi connectivity index (χ4n) is 1.85. The third-order valence-electron chi connectivity index (χ3n) is 2.90. The molecule has 8 nitrogen and oxygen atoms in total. The first kappa shape index (κ1) is 16.2. The highest BCUT2D eigenvalue weighted by atomic mass is 16.2. The van der Waals surface area contributed by atoms with Gasteiger partial charge in [0.1, 0.15) is 0 Å². The molecule has 0 atom stereocenters. The van der Waals surface area contributed by atoms with Crippen LogP contribution in [-0.2, 0) is 25.7 Å². The maximum Gasteiger partial charge on any atom is 0.437 e. The summed E-state index contributed by atoms with van der Waals surface area (Å²) >= 11 is 0. The summed E-state index contributed by atoms with van der Waals surface area (Å²) in [4.78, 5) is 45.2. The van der Waals surface area contributed by atoms with E-state index in [0.29, 0.717) is 5.69 Å². The van der Waals surface area contributed by atoms with Gasteiger partial charge in [0.2, 0.25) is 5.91 Å². The van der Waals surface area contributed by atoms with E-state index in [9.17, 15) is 19.2 Å². The zero-order valence-electron chi connectivity index (χ0n) is 12.4. The lowest BCUT2D eigenvalue weighted by Crippen LogP contribution is -2.35. The van der Waals surface area contributed by atoms with Gasteiger partial charge < -0.3 is 10.6 Å². The summed E-state index contributed by atoms with van der Waals surface area (Å²) in [7, 11) is 0. The SMILES string of the molecule is CC(=O)Nc1ccc(CNC(=O)C[N+]2=NC(=O)C=CC2=O)cc1. The largest absolute Gasteiger partial charge is 0.437 e. The van der Waals surface area contributed by atoms with Crippen molar-refractivity contribution in [1.29, 1.82) is 0 Å². The van der Waals surface area contributed by atoms with Crippen LogP contribution < -0.4 is 10.6 Å². The molecular weight excluding hydrogens is 300 g/mol. The first-order valence-corrected chi connectivity index (χ1v) is 6.82. The van der Waals surface area contributed by atoms with Crippen molar-refractivity contribution < 1.29 is 23.9 Å². The number of anilines is 1. The molecule has 0 saturated carbocycles. The molecule has 0 saturated heterocycles. The van der Waals surface area contributed by atoms with Crippen LogP contribution in [0.4, 0.5) is 5.69 Å². The van der Waals surface area contributed by atoms with Crippen LogP contribution in [0, 0.1) is 0 Å². The molecule has 8 heteroatoms. The van der Waals surface area contributed by atoms with Crippen LogP contribution in [0.3, 0.4) is 0 Å². The van der Waals surface area contributed by atoms with Gasteiger partial charge in [-0.05, 0) is 22.4 Å². The number of rotatable bonds is 5. The summed E-state index contributed by atoms with van der Waals surface area (Å²) in [6.45, 7) is 1.35. The Balaban J connectivity index is 1.86. The Morgan fingerprint density at radius 1 is 1.13 bits per heavy atom. The molecule has 0 bridgehead atoms. The third-order valence-corrected chi connectivity index (χ3v) is 2.90. The molecule has 0 radical (unpaired) electrons. The van der Waals surface area contributed by atoms with Crippen LogP contribution in [0.25, 0.3) is 0 Å². The van der Waals surface area contributed by atoms with Crippen molar-refractivity contribution in [2.45, 2.75) is 13.5 Å². The average molecular weight is 315 g/mol. The fourth-order valence-corrected chi connectivity index (χ4v) is 1.85. The summed E-state index contributed by atoms with van der Waals surface area (Å²) in [6, 6.07) is 6.95. The predicted molar refractivity (Wildman–Crippen MR) is 79.3 cm³/mol. The summed E-state index contributed by atoms with van der Waals surface area (Å²) in [5, 5.41) is 8.72. The van der Waals surface area contributed by atoms with Crippen LogP contribution >= 0.6 is 0 Å². The van der Waals surface area contributed by atoms with E-state index in [1.807, 2.05) is 0 Å². The van der Waals surface area contributed by atoms with Crippen molar-refractivity contribution in [2.75, 3.05) is 11.9 Å². The lowest BCUT2D eigenvalue weighted by atomic mass is 10.2. The number of benzene rings is 1. The van der Waals surface area contributed by atoms with Gasteiger partial charge in [0.15, 0.2) is 0 Å². The fraction of sp³-hybridized carbons (Fsp3) is 0.200. The molecule has 0 aromatic heterocycles. The van der Waals surface area contributed by atoms with E-state index in [0.717, 1.165) is 22.4 Å². The van der Waals surface area contributed by atoms with Gasteiger partial charge in [-0.1, -0.05) is 12.1 Å². The Bertz CT molecular complexity index is 719. The van der Waals surface area contributed by atoms with Crippen molar-refractivity contribution in [3.63, 3.8) is 0 Å². The second kappa shape index (κ2) is 7.21. The zero-order valence-corrected chi connectivity index (χ0v) is 12.4. The van der Waals surface area contributed by atoms with Crippen LogP contribution in [-0.4, -0.2) is 34.9 Å². The lowest BCUT2D eigenvalue weighted by Gasteiger charge is -2.06.